The summed E-state index contributed by atoms with van der Waals surface area (Å²) in [6, 6.07) is 23.3. The van der Waals surface area contributed by atoms with Crippen LogP contribution in [-0.2, 0) is 4.74 Å². The molecule has 5 rings (SSSR count). The monoisotopic (exact) mass is 453 g/mol. The number of carbonyl (C=O) groups excluding carboxylic acids is 1. The van der Waals surface area contributed by atoms with Crippen LogP contribution >= 0.6 is 0 Å². The molecule has 0 fully saturated rings. The Balaban J connectivity index is 1.21. The van der Waals surface area contributed by atoms with Gasteiger partial charge in [-0.2, -0.15) is 5.26 Å². The molecule has 0 spiro atoms. The van der Waals surface area contributed by atoms with Crippen molar-refractivity contribution in [3.63, 3.8) is 0 Å². The van der Waals surface area contributed by atoms with Gasteiger partial charge in [-0.15, -0.1) is 0 Å². The van der Waals surface area contributed by atoms with Gasteiger partial charge >= 0.3 is 6.09 Å². The van der Waals surface area contributed by atoms with Gasteiger partial charge in [-0.25, -0.2) is 4.79 Å². The fraction of sp³-hybridized carbons (Fsp3) is 0.185. The molecule has 1 aliphatic carbocycles. The fourth-order valence-corrected chi connectivity index (χ4v) is 4.61. The Morgan fingerprint density at radius 2 is 1.74 bits per heavy atom. The van der Waals surface area contributed by atoms with Crippen LogP contribution < -0.4 is 5.32 Å². The zero-order valence-corrected chi connectivity index (χ0v) is 18.2. The number of nitrogens with zero attached hydrogens (tertiary/aromatic N) is 1. The van der Waals surface area contributed by atoms with Crippen molar-refractivity contribution in [1.82, 2.24) is 10.3 Å². The highest BCUT2D eigenvalue weighted by molar-refractivity contribution is 5.85. The third kappa shape index (κ3) is 3.90. The van der Waals surface area contributed by atoms with Crippen molar-refractivity contribution in [1.29, 1.82) is 5.26 Å². The maximum atomic E-state index is 12.4. The first-order valence-electron chi connectivity index (χ1n) is 11.0. The quantitative estimate of drug-likeness (QED) is 0.352. The first-order chi connectivity index (χ1) is 16.6. The van der Waals surface area contributed by atoms with Crippen molar-refractivity contribution in [3.05, 3.63) is 95.2 Å². The number of hydrogen-bond donors (Lipinski definition) is 4. The Morgan fingerprint density at radius 1 is 1.06 bits per heavy atom. The molecule has 0 aliphatic heterocycles. The summed E-state index contributed by atoms with van der Waals surface area (Å²) in [7, 11) is 0. The van der Waals surface area contributed by atoms with E-state index in [2.05, 4.69) is 28.5 Å². The number of alkyl carbamates (subject to hydrolysis) is 1. The van der Waals surface area contributed by atoms with Crippen molar-refractivity contribution >= 4 is 17.0 Å². The maximum absolute atomic E-state index is 12.4. The topological polar surface area (TPSA) is 118 Å². The van der Waals surface area contributed by atoms with Gasteiger partial charge in [0.1, 0.15) is 18.8 Å². The zero-order valence-electron chi connectivity index (χ0n) is 18.2. The number of nitrogens with one attached hydrogen (secondary N) is 2. The molecular weight excluding hydrogens is 430 g/mol. The molecule has 0 radical (unpaired) electrons. The summed E-state index contributed by atoms with van der Waals surface area (Å²) in [4.78, 5) is 15.4. The number of hydrogen-bond acceptors (Lipinski definition) is 5. The standard InChI is InChI=1S/C27H23N3O4/c28-12-16-9-10-24-21(11-16)22(13-29-24)26(32)25(31)14-30-27(33)34-15-23-19-7-3-1-5-17(19)18-6-2-4-8-20(18)23/h1-11,13,23,25-26,29,31-32H,14-15H2,(H,30,33). The van der Waals surface area contributed by atoms with Gasteiger partial charge in [-0.3, -0.25) is 0 Å². The van der Waals surface area contributed by atoms with Crippen molar-refractivity contribution in [2.45, 2.75) is 18.1 Å². The van der Waals surface area contributed by atoms with Crippen LogP contribution in [0.25, 0.3) is 22.0 Å². The predicted octanol–water partition coefficient (Wildman–Crippen LogP) is 3.97. The molecule has 1 aromatic heterocycles. The third-order valence-corrected chi connectivity index (χ3v) is 6.33. The number of H-pyrrole nitrogens is 1. The van der Waals surface area contributed by atoms with Crippen LogP contribution in [0.1, 0.15) is 34.3 Å². The van der Waals surface area contributed by atoms with E-state index in [0.29, 0.717) is 16.5 Å². The number of amides is 1. The largest absolute Gasteiger partial charge is 0.449 e. The van der Waals surface area contributed by atoms with E-state index in [4.69, 9.17) is 10.00 Å². The van der Waals surface area contributed by atoms with E-state index in [-0.39, 0.29) is 19.1 Å². The van der Waals surface area contributed by atoms with Gasteiger partial charge in [0.2, 0.25) is 0 Å². The number of aromatic amines is 1. The van der Waals surface area contributed by atoms with Gasteiger partial charge in [-0.05, 0) is 40.5 Å². The summed E-state index contributed by atoms with van der Waals surface area (Å²) < 4.78 is 5.48. The molecule has 170 valence electrons. The second-order valence-corrected chi connectivity index (χ2v) is 8.33. The maximum Gasteiger partial charge on any atom is 0.407 e. The van der Waals surface area contributed by atoms with Gasteiger partial charge in [0.15, 0.2) is 0 Å². The summed E-state index contributed by atoms with van der Waals surface area (Å²) in [6.07, 6.45) is -1.59. The van der Waals surface area contributed by atoms with Crippen molar-refractivity contribution in [2.75, 3.05) is 13.2 Å². The van der Waals surface area contributed by atoms with Crippen LogP contribution in [0, 0.1) is 11.3 Å². The molecule has 7 heteroatoms. The van der Waals surface area contributed by atoms with E-state index < -0.39 is 18.3 Å². The van der Waals surface area contributed by atoms with Crippen LogP contribution in [0.4, 0.5) is 4.79 Å². The second kappa shape index (κ2) is 9.02. The molecule has 2 unspecified atom stereocenters. The molecule has 0 saturated heterocycles. The van der Waals surface area contributed by atoms with Gasteiger partial charge in [0.05, 0.1) is 11.6 Å². The van der Waals surface area contributed by atoms with E-state index >= 15 is 0 Å². The SMILES string of the molecule is N#Cc1ccc2[nH]cc(C(O)C(O)CNC(=O)OCC3c4ccccc4-c4ccccc43)c2c1. The second-order valence-electron chi connectivity index (χ2n) is 8.33. The molecule has 1 heterocycles. The zero-order chi connectivity index (χ0) is 23.7. The minimum atomic E-state index is -1.26. The van der Waals surface area contributed by atoms with Gasteiger partial charge in [0, 0.05) is 35.1 Å². The number of nitriles is 1. The first kappa shape index (κ1) is 21.7. The van der Waals surface area contributed by atoms with E-state index in [1.54, 1.807) is 24.4 Å². The van der Waals surface area contributed by atoms with E-state index in [9.17, 15) is 15.0 Å². The average Bonchev–Trinajstić information content (AvgIpc) is 3.44. The van der Waals surface area contributed by atoms with Crippen molar-refractivity contribution in [2.24, 2.45) is 0 Å². The Labute approximate surface area is 196 Å². The van der Waals surface area contributed by atoms with E-state index in [1.165, 1.54) is 0 Å². The summed E-state index contributed by atoms with van der Waals surface area (Å²) in [6.45, 7) is -0.0274. The highest BCUT2D eigenvalue weighted by Gasteiger charge is 2.29. The predicted molar refractivity (Wildman–Crippen MR) is 127 cm³/mol. The third-order valence-electron chi connectivity index (χ3n) is 6.33. The van der Waals surface area contributed by atoms with Crippen molar-refractivity contribution in [3.8, 4) is 17.2 Å². The van der Waals surface area contributed by atoms with Gasteiger partial charge in [-0.1, -0.05) is 48.5 Å². The molecular formula is C27H23N3O4. The molecule has 1 amide bonds. The average molecular weight is 453 g/mol. The summed E-state index contributed by atoms with van der Waals surface area (Å²) in [5.41, 5.74) is 6.16. The Hall–Kier alpha value is -4.12. The number of aliphatic hydroxyl groups is 2. The number of carbonyl (C=O) groups is 1. The number of aliphatic hydroxyl groups excluding tert-OH is 2. The highest BCUT2D eigenvalue weighted by atomic mass is 16.5. The lowest BCUT2D eigenvalue weighted by atomic mass is 9.98. The van der Waals surface area contributed by atoms with Crippen LogP contribution in [0.2, 0.25) is 0 Å². The lowest BCUT2D eigenvalue weighted by Gasteiger charge is -2.19. The van der Waals surface area contributed by atoms with Crippen LogP contribution in [0.3, 0.4) is 0 Å². The molecule has 3 aromatic carbocycles. The van der Waals surface area contributed by atoms with Crippen molar-refractivity contribution < 1.29 is 19.7 Å². The van der Waals surface area contributed by atoms with Gasteiger partial charge in [0.25, 0.3) is 0 Å². The highest BCUT2D eigenvalue weighted by Crippen LogP contribution is 2.44. The number of ether oxygens (including phenoxy) is 1. The summed E-state index contributed by atoms with van der Waals surface area (Å²) >= 11 is 0. The molecule has 7 nitrogen and oxygen atoms in total. The smallest absolute Gasteiger partial charge is 0.407 e. The van der Waals surface area contributed by atoms with Gasteiger partial charge < -0.3 is 25.3 Å². The van der Waals surface area contributed by atoms with E-state index in [0.717, 1.165) is 27.8 Å². The minimum absolute atomic E-state index is 0.0609. The minimum Gasteiger partial charge on any atom is -0.449 e. The molecule has 34 heavy (non-hydrogen) atoms. The lowest BCUT2D eigenvalue weighted by Crippen LogP contribution is -2.36. The number of rotatable bonds is 6. The summed E-state index contributed by atoms with van der Waals surface area (Å²) in [5, 5.41) is 33.4. The molecule has 0 saturated carbocycles. The fourth-order valence-electron chi connectivity index (χ4n) is 4.61. The Kier molecular flexibility index (Phi) is 5.76. The Bertz CT molecular complexity index is 1360. The normalized spacial score (nSPS) is 14.1. The van der Waals surface area contributed by atoms with Crippen LogP contribution in [0.5, 0.6) is 0 Å². The van der Waals surface area contributed by atoms with Crippen LogP contribution in [-0.4, -0.2) is 40.5 Å². The lowest BCUT2D eigenvalue weighted by molar-refractivity contribution is 0.0194. The molecule has 4 N–H and O–H groups in total. The number of fused-ring (bicyclic) bond motifs is 4. The number of benzene rings is 3. The molecule has 0 bridgehead atoms. The summed E-state index contributed by atoms with van der Waals surface area (Å²) in [5.74, 6) is -0.0609. The molecule has 2 atom stereocenters. The number of aromatic nitrogens is 1. The molecule has 4 aromatic rings. The van der Waals surface area contributed by atoms with Crippen LogP contribution in [0.15, 0.2) is 72.9 Å². The first-order valence-corrected chi connectivity index (χ1v) is 11.0. The van der Waals surface area contributed by atoms with E-state index in [1.807, 2.05) is 36.4 Å². The Morgan fingerprint density at radius 3 is 2.41 bits per heavy atom. The molecule has 1 aliphatic rings.